The number of nitrogen functional groups attached to an aromatic ring is 1. The average Bonchev–Trinajstić information content (AvgIpc) is 2.51. The number of benzene rings is 1. The van der Waals surface area contributed by atoms with Gasteiger partial charge in [0.15, 0.2) is 0 Å². The van der Waals surface area contributed by atoms with Crippen molar-refractivity contribution in [2.75, 3.05) is 43.6 Å². The molecular formula is C11H17N3. The van der Waals surface area contributed by atoms with Gasteiger partial charge in [-0.3, -0.25) is 0 Å². The number of piperazine rings is 1. The van der Waals surface area contributed by atoms with Crippen LogP contribution in [0, 0.1) is 0 Å². The Morgan fingerprint density at radius 1 is 1.29 bits per heavy atom. The number of nitrogens with two attached hydrogens (primary N) is 1. The van der Waals surface area contributed by atoms with Crippen LogP contribution >= 0.6 is 0 Å². The van der Waals surface area contributed by atoms with Crippen molar-refractivity contribution in [3.63, 3.8) is 0 Å². The molecule has 0 atom stereocenters. The largest absolute Gasteiger partial charge is 0.399 e. The van der Waals surface area contributed by atoms with Crippen LogP contribution in [0.15, 0.2) is 24.2 Å². The Balaban J connectivity index is 2.99. The molecule has 0 aliphatic carbocycles. The first-order valence-electron chi connectivity index (χ1n) is 11.1. The van der Waals surface area contributed by atoms with Gasteiger partial charge in [0.05, 0.1) is 11.0 Å². The van der Waals surface area contributed by atoms with E-state index in [1.165, 1.54) is 0 Å². The molecule has 2 rings (SSSR count). The van der Waals surface area contributed by atoms with E-state index in [1.807, 2.05) is 0 Å². The van der Waals surface area contributed by atoms with Crippen LogP contribution in [0.25, 0.3) is 0 Å². The van der Waals surface area contributed by atoms with Gasteiger partial charge in [-0.2, -0.15) is 0 Å². The zero-order valence-corrected chi connectivity index (χ0v) is 6.97. The SMILES string of the molecule is [2H]c1c([2H])c(N2C([2H])([2H])C([2H])([2H])N(C([2H])([2H])[2H])C([2H])([2H])C2([2H])[2H])c([2H])c([2H])c1N. The summed E-state index contributed by atoms with van der Waals surface area (Å²) in [4.78, 5) is -0.764. The second-order valence-corrected chi connectivity index (χ2v) is 2.38. The molecule has 1 aliphatic rings. The van der Waals surface area contributed by atoms with E-state index < -0.39 is 73.4 Å². The first-order valence-corrected chi connectivity index (χ1v) is 3.63. The number of likely N-dealkylation sites (N-methyl/N-ethyl adjacent to an activating group) is 1. The van der Waals surface area contributed by atoms with Gasteiger partial charge in [-0.15, -0.1) is 0 Å². The minimum absolute atomic E-state index is 0.220. The summed E-state index contributed by atoms with van der Waals surface area (Å²) in [5.41, 5.74) is 3.73. The lowest BCUT2D eigenvalue weighted by Gasteiger charge is -2.34. The van der Waals surface area contributed by atoms with Crippen molar-refractivity contribution in [1.82, 2.24) is 4.90 Å². The van der Waals surface area contributed by atoms with Crippen LogP contribution < -0.4 is 10.6 Å². The molecule has 1 aromatic carbocycles. The third-order valence-electron chi connectivity index (χ3n) is 1.40. The Kier molecular flexibility index (Phi) is 0.594. The summed E-state index contributed by atoms with van der Waals surface area (Å²) >= 11 is 0. The van der Waals surface area contributed by atoms with Crippen molar-refractivity contribution in [2.45, 2.75) is 0 Å². The fourth-order valence-corrected chi connectivity index (χ4v) is 0.795. The Labute approximate surface area is 106 Å². The molecule has 14 heavy (non-hydrogen) atoms. The maximum atomic E-state index is 8.15. The highest BCUT2D eigenvalue weighted by Gasteiger charge is 2.13. The van der Waals surface area contributed by atoms with Crippen LogP contribution in [0.4, 0.5) is 11.4 Å². The van der Waals surface area contributed by atoms with Crippen LogP contribution in [0.5, 0.6) is 0 Å². The molecule has 0 radical (unpaired) electrons. The highest BCUT2D eigenvalue weighted by molar-refractivity contribution is 5.53. The van der Waals surface area contributed by atoms with E-state index in [0.717, 1.165) is 0 Å². The maximum absolute atomic E-state index is 8.15. The van der Waals surface area contributed by atoms with Gasteiger partial charge in [-0.25, -0.2) is 0 Å². The third-order valence-corrected chi connectivity index (χ3v) is 1.40. The van der Waals surface area contributed by atoms with Crippen molar-refractivity contribution < 1.29 is 20.6 Å². The molecule has 2 N–H and O–H groups in total. The molecular weight excluding hydrogens is 174 g/mol. The van der Waals surface area contributed by atoms with E-state index in [0.29, 0.717) is 0 Å². The van der Waals surface area contributed by atoms with Gasteiger partial charge in [0.2, 0.25) is 0 Å². The van der Waals surface area contributed by atoms with Gasteiger partial charge in [0, 0.05) is 47.0 Å². The molecule has 0 amide bonds. The molecule has 0 saturated carbocycles. The lowest BCUT2D eigenvalue weighted by molar-refractivity contribution is 0.313. The van der Waals surface area contributed by atoms with E-state index >= 15 is 0 Å². The standard InChI is InChI=1S/C11H17N3/c1-13-6-8-14(9-7-13)11-4-2-10(12)3-5-11/h2-5H,6-9,12H2,1H3/i1D3,2D,3D,4D,5D,6D2,7D2,8D2,9D2. The number of hydrogen-bond donors (Lipinski definition) is 1. The van der Waals surface area contributed by atoms with Crippen LogP contribution in [0.1, 0.15) is 20.6 Å². The van der Waals surface area contributed by atoms with Crippen molar-refractivity contribution in [3.05, 3.63) is 24.2 Å². The molecule has 0 unspecified atom stereocenters. The normalized spacial score (nSPS) is 49.4. The van der Waals surface area contributed by atoms with E-state index in [1.54, 1.807) is 0 Å². The monoisotopic (exact) mass is 206 g/mol. The van der Waals surface area contributed by atoms with Gasteiger partial charge in [0.25, 0.3) is 0 Å². The van der Waals surface area contributed by atoms with Crippen LogP contribution in [-0.2, 0) is 0 Å². The second kappa shape index (κ2) is 3.88. The molecule has 1 fully saturated rings. The lowest BCUT2D eigenvalue weighted by atomic mass is 10.2. The predicted octanol–water partition coefficient (Wildman–Crippen LogP) is 1.02. The number of nitrogens with zero attached hydrogens (tertiary/aromatic N) is 2. The molecule has 3 heteroatoms. The first kappa shape index (κ1) is 2.14. The van der Waals surface area contributed by atoms with Crippen molar-refractivity contribution >= 4 is 11.4 Å². The number of hydrogen-bond acceptors (Lipinski definition) is 3. The van der Waals surface area contributed by atoms with E-state index in [-0.39, 0.29) is 4.90 Å². The van der Waals surface area contributed by atoms with Gasteiger partial charge in [-0.05, 0) is 31.1 Å². The number of anilines is 2. The quantitative estimate of drug-likeness (QED) is 0.696. The summed E-state index contributed by atoms with van der Waals surface area (Å²) < 4.78 is 118. The summed E-state index contributed by atoms with van der Waals surface area (Å²) in [5.74, 6) is 0. The van der Waals surface area contributed by atoms with E-state index in [2.05, 4.69) is 0 Å². The van der Waals surface area contributed by atoms with Gasteiger partial charge in [0.1, 0.15) is 0 Å². The Hall–Kier alpha value is -1.22. The molecule has 1 heterocycles. The van der Waals surface area contributed by atoms with Crippen LogP contribution in [0.2, 0.25) is 0 Å². The van der Waals surface area contributed by atoms with Gasteiger partial charge in [-0.1, -0.05) is 0 Å². The predicted molar refractivity (Wildman–Crippen MR) is 60.6 cm³/mol. The first-order chi connectivity index (χ1) is 12.7. The molecule has 0 bridgehead atoms. The fraction of sp³-hybridized carbons (Fsp3) is 0.455. The highest BCUT2D eigenvalue weighted by Crippen LogP contribution is 2.17. The summed E-state index contributed by atoms with van der Waals surface area (Å²) in [6, 6.07) is -3.81. The second-order valence-electron chi connectivity index (χ2n) is 2.38. The van der Waals surface area contributed by atoms with Gasteiger partial charge < -0.3 is 15.5 Å². The molecule has 0 spiro atoms. The third kappa shape index (κ3) is 1.99. The zero-order valence-electron chi connectivity index (χ0n) is 22.0. The van der Waals surface area contributed by atoms with Crippen molar-refractivity contribution in [2.24, 2.45) is 0 Å². The molecule has 1 saturated heterocycles. The summed E-state index contributed by atoms with van der Waals surface area (Å²) in [6.07, 6.45) is 0. The number of rotatable bonds is 1. The van der Waals surface area contributed by atoms with Crippen molar-refractivity contribution in [3.8, 4) is 0 Å². The van der Waals surface area contributed by atoms with E-state index in [9.17, 15) is 0 Å². The van der Waals surface area contributed by atoms with Crippen LogP contribution in [0.3, 0.4) is 0 Å². The molecule has 1 aliphatic heterocycles. The highest BCUT2D eigenvalue weighted by atomic mass is 15.2. The molecule has 3 nitrogen and oxygen atoms in total. The minimum atomic E-state index is -3.70. The van der Waals surface area contributed by atoms with Crippen molar-refractivity contribution in [1.29, 1.82) is 0 Å². The molecule has 76 valence electrons. The topological polar surface area (TPSA) is 32.5 Å². The Morgan fingerprint density at radius 3 is 2.50 bits per heavy atom. The lowest BCUT2D eigenvalue weighted by Crippen LogP contribution is -2.44. The summed E-state index contributed by atoms with van der Waals surface area (Å²) in [7, 11) is 0. The molecule has 0 aromatic heterocycles. The van der Waals surface area contributed by atoms with E-state index in [4.69, 9.17) is 26.3 Å². The van der Waals surface area contributed by atoms with Gasteiger partial charge >= 0.3 is 0 Å². The fourth-order valence-electron chi connectivity index (χ4n) is 0.795. The smallest absolute Gasteiger partial charge is 0.0645 e. The Morgan fingerprint density at radius 2 is 1.93 bits per heavy atom. The Bertz CT molecular complexity index is 788. The minimum Gasteiger partial charge on any atom is -0.399 e. The summed E-state index contributed by atoms with van der Waals surface area (Å²) in [5, 5.41) is 0. The van der Waals surface area contributed by atoms with Crippen LogP contribution in [-0.4, -0.2) is 37.9 Å². The molecule has 1 aromatic rings. The zero-order chi connectivity index (χ0) is 23.1. The average molecular weight is 206 g/mol. The maximum Gasteiger partial charge on any atom is 0.0645 e. The summed E-state index contributed by atoms with van der Waals surface area (Å²) in [6.45, 7) is -18.3.